The van der Waals surface area contributed by atoms with Crippen LogP contribution in [0.2, 0.25) is 0 Å². The van der Waals surface area contributed by atoms with Crippen molar-refractivity contribution >= 4 is 22.3 Å². The lowest BCUT2D eigenvalue weighted by atomic mass is 10.2. The molecule has 0 saturated carbocycles. The van der Waals surface area contributed by atoms with E-state index >= 15 is 0 Å². The van der Waals surface area contributed by atoms with E-state index in [1.807, 2.05) is 6.07 Å². The molecule has 0 aliphatic heterocycles. The molecule has 0 aliphatic rings. The van der Waals surface area contributed by atoms with Crippen molar-refractivity contribution in [3.05, 3.63) is 53.9 Å². The Morgan fingerprint density at radius 3 is 2.73 bits per heavy atom. The van der Waals surface area contributed by atoms with Crippen LogP contribution in [-0.4, -0.2) is 38.5 Å². The van der Waals surface area contributed by atoms with E-state index in [-0.39, 0.29) is 5.56 Å². The zero-order valence-electron chi connectivity index (χ0n) is 12.0. The predicted octanol–water partition coefficient (Wildman–Crippen LogP) is 1.57. The molecule has 2 aromatic rings. The second kappa shape index (κ2) is 6.44. The average molecular weight is 322 g/mol. The van der Waals surface area contributed by atoms with Crippen LogP contribution in [0.15, 0.2) is 47.8 Å². The van der Waals surface area contributed by atoms with Crippen molar-refractivity contribution in [3.63, 3.8) is 0 Å². The summed E-state index contributed by atoms with van der Waals surface area (Å²) in [6.45, 7) is 0. The molecule has 1 heterocycles. The zero-order chi connectivity index (χ0) is 16.2. The van der Waals surface area contributed by atoms with Crippen LogP contribution in [0.25, 0.3) is 5.69 Å². The lowest BCUT2D eigenvalue weighted by Crippen LogP contribution is -2.12. The number of carbonyl (C=O) groups is 1. The molecule has 0 fully saturated rings. The highest BCUT2D eigenvalue weighted by atomic mass is 32.2. The second-order valence-corrected chi connectivity index (χ2v) is 5.92. The van der Waals surface area contributed by atoms with Crippen molar-refractivity contribution in [2.75, 3.05) is 13.4 Å². The molecule has 0 aliphatic carbocycles. The van der Waals surface area contributed by atoms with Gasteiger partial charge >= 0.3 is 16.1 Å². The molecule has 0 saturated heterocycles. The van der Waals surface area contributed by atoms with Gasteiger partial charge in [-0.05, 0) is 30.3 Å². The largest absolute Gasteiger partial charge is 0.399 e. The van der Waals surface area contributed by atoms with Crippen LogP contribution < -0.4 is 0 Å². The van der Waals surface area contributed by atoms with Crippen molar-refractivity contribution in [3.8, 4) is 5.69 Å². The third-order valence-corrected chi connectivity index (χ3v) is 3.11. The third kappa shape index (κ3) is 3.95. The molecule has 0 unspecified atom stereocenters. The lowest BCUT2D eigenvalue weighted by molar-refractivity contribution is 0.0748. The van der Waals surface area contributed by atoms with Crippen molar-refractivity contribution in [2.45, 2.75) is 0 Å². The van der Waals surface area contributed by atoms with Gasteiger partial charge in [-0.3, -0.25) is 0 Å². The summed E-state index contributed by atoms with van der Waals surface area (Å²) in [6.07, 6.45) is 4.11. The number of oxime groups is 1. The van der Waals surface area contributed by atoms with Crippen LogP contribution in [0.3, 0.4) is 0 Å². The van der Waals surface area contributed by atoms with E-state index in [1.165, 1.54) is 25.5 Å². The van der Waals surface area contributed by atoms with Crippen molar-refractivity contribution in [1.82, 2.24) is 4.57 Å². The van der Waals surface area contributed by atoms with Gasteiger partial charge in [0.15, 0.2) is 0 Å². The summed E-state index contributed by atoms with van der Waals surface area (Å²) in [7, 11) is -2.42. The minimum Gasteiger partial charge on any atom is -0.399 e. The summed E-state index contributed by atoms with van der Waals surface area (Å²) in [6, 6.07) is 10.0. The molecule has 1 aromatic carbocycles. The van der Waals surface area contributed by atoms with Crippen molar-refractivity contribution in [1.29, 1.82) is 0 Å². The summed E-state index contributed by atoms with van der Waals surface area (Å²) >= 11 is 0. The number of aromatic nitrogens is 1. The Labute approximate surface area is 127 Å². The summed E-state index contributed by atoms with van der Waals surface area (Å²) in [5, 5.41) is 3.69. The van der Waals surface area contributed by atoms with Crippen LogP contribution in [0.4, 0.5) is 0 Å². The fourth-order valence-corrected chi connectivity index (χ4v) is 2.18. The maximum absolute atomic E-state index is 11.8. The Morgan fingerprint density at radius 2 is 2.05 bits per heavy atom. The molecule has 1 aromatic heterocycles. The van der Waals surface area contributed by atoms with Gasteiger partial charge in [0.25, 0.3) is 0 Å². The molecule has 0 atom stereocenters. The number of rotatable bonds is 5. The molecular weight excluding hydrogens is 308 g/mol. The Morgan fingerprint density at radius 1 is 1.27 bits per heavy atom. The molecule has 22 heavy (non-hydrogen) atoms. The zero-order valence-corrected chi connectivity index (χ0v) is 12.8. The third-order valence-electron chi connectivity index (χ3n) is 2.66. The predicted molar refractivity (Wildman–Crippen MR) is 80.6 cm³/mol. The minimum absolute atomic E-state index is 0.131. The monoisotopic (exact) mass is 322 g/mol. The number of hydrogen-bond acceptors (Lipinski definition) is 6. The lowest BCUT2D eigenvalue weighted by Gasteiger charge is -2.08. The van der Waals surface area contributed by atoms with Crippen molar-refractivity contribution in [2.24, 2.45) is 5.16 Å². The van der Waals surface area contributed by atoms with E-state index in [4.69, 9.17) is 0 Å². The Kier molecular flexibility index (Phi) is 4.62. The van der Waals surface area contributed by atoms with E-state index in [1.54, 1.807) is 29.0 Å². The van der Waals surface area contributed by atoms with Gasteiger partial charge in [-0.15, -0.1) is 0 Å². The molecule has 116 valence electrons. The van der Waals surface area contributed by atoms with Gasteiger partial charge in [0.1, 0.15) is 7.11 Å². The van der Waals surface area contributed by atoms with E-state index in [0.29, 0.717) is 5.69 Å². The van der Waals surface area contributed by atoms with Gasteiger partial charge in [0, 0.05) is 11.9 Å². The van der Waals surface area contributed by atoms with E-state index in [2.05, 4.69) is 14.2 Å². The highest BCUT2D eigenvalue weighted by Gasteiger charge is 2.14. The molecule has 0 amide bonds. The Hall–Kier alpha value is -2.61. The molecule has 0 bridgehead atoms. The van der Waals surface area contributed by atoms with Crippen LogP contribution in [0, 0.1) is 0 Å². The first-order valence-corrected chi connectivity index (χ1v) is 8.00. The molecule has 2 rings (SSSR count). The van der Waals surface area contributed by atoms with Gasteiger partial charge < -0.3 is 13.6 Å². The summed E-state index contributed by atoms with van der Waals surface area (Å²) in [5.74, 6) is -0.927. The van der Waals surface area contributed by atoms with Crippen LogP contribution >= 0.6 is 0 Å². The van der Waals surface area contributed by atoms with Gasteiger partial charge in [-0.25, -0.2) is 4.79 Å². The molecular formula is C14H14N2O5S. The quantitative estimate of drug-likeness (QED) is 0.474. The number of hydrogen-bond donors (Lipinski definition) is 0. The fourth-order valence-electron chi connectivity index (χ4n) is 1.81. The summed E-state index contributed by atoms with van der Waals surface area (Å²) in [5.41, 5.74) is 1.52. The van der Waals surface area contributed by atoms with Gasteiger partial charge in [-0.2, -0.15) is 8.42 Å². The second-order valence-electron chi connectivity index (χ2n) is 4.35. The summed E-state index contributed by atoms with van der Waals surface area (Å²) in [4.78, 5) is 16.4. The van der Waals surface area contributed by atoms with Crippen LogP contribution in [0.5, 0.6) is 0 Å². The van der Waals surface area contributed by atoms with Crippen LogP contribution in [0.1, 0.15) is 16.1 Å². The van der Waals surface area contributed by atoms with Gasteiger partial charge in [0.2, 0.25) is 0 Å². The maximum atomic E-state index is 11.8. The van der Waals surface area contributed by atoms with E-state index < -0.39 is 16.1 Å². The normalized spacial score (nSPS) is 11.5. The molecule has 0 spiro atoms. The number of benzene rings is 1. The average Bonchev–Trinajstić information content (AvgIpc) is 2.92. The first-order valence-electron chi connectivity index (χ1n) is 6.19. The van der Waals surface area contributed by atoms with E-state index in [9.17, 15) is 13.2 Å². The molecule has 0 N–H and O–H groups in total. The first-order chi connectivity index (χ1) is 10.4. The van der Waals surface area contributed by atoms with Crippen molar-refractivity contribution < 1.29 is 22.2 Å². The molecule has 8 heteroatoms. The SMILES string of the molecule is CO/N=C/c1cccn1-c1cccc(C(=O)OS(C)(=O)=O)c1. The highest BCUT2D eigenvalue weighted by molar-refractivity contribution is 7.86. The number of carbonyl (C=O) groups excluding carboxylic acids is 1. The Balaban J connectivity index is 2.35. The Bertz CT molecular complexity index is 808. The molecule has 0 radical (unpaired) electrons. The first kappa shape index (κ1) is 15.8. The molecule has 7 nitrogen and oxygen atoms in total. The topological polar surface area (TPSA) is 87.0 Å². The standard InChI is InChI=1S/C14H14N2O5S/c1-20-15-10-13-7-4-8-16(13)12-6-3-5-11(9-12)14(17)21-22(2,18)19/h3-10H,1-2H3/b15-10+. The fraction of sp³-hybridized carbons (Fsp3) is 0.143. The van der Waals surface area contributed by atoms with Crippen LogP contribution in [-0.2, 0) is 19.1 Å². The highest BCUT2D eigenvalue weighted by Crippen LogP contribution is 2.15. The minimum atomic E-state index is -3.85. The van der Waals surface area contributed by atoms with E-state index in [0.717, 1.165) is 11.9 Å². The summed E-state index contributed by atoms with van der Waals surface area (Å²) < 4.78 is 28.2. The van der Waals surface area contributed by atoms with Gasteiger partial charge in [0.05, 0.1) is 23.7 Å². The number of nitrogens with zero attached hydrogens (tertiary/aromatic N) is 2. The smallest absolute Gasteiger partial charge is 0.353 e. The maximum Gasteiger partial charge on any atom is 0.353 e. The van der Waals surface area contributed by atoms with Gasteiger partial charge in [-0.1, -0.05) is 11.2 Å².